The van der Waals surface area contributed by atoms with Gasteiger partial charge in [-0.2, -0.15) is 0 Å². The van der Waals surface area contributed by atoms with Crippen LogP contribution in [-0.4, -0.2) is 35.7 Å². The molecule has 0 aliphatic carbocycles. The van der Waals surface area contributed by atoms with Gasteiger partial charge in [0.15, 0.2) is 0 Å². The summed E-state index contributed by atoms with van der Waals surface area (Å²) in [6, 6.07) is 0. The van der Waals surface area contributed by atoms with Crippen LogP contribution in [0, 0.1) is 0 Å². The molecule has 0 spiro atoms. The van der Waals surface area contributed by atoms with Crippen molar-refractivity contribution in [1.29, 1.82) is 0 Å². The molecule has 248 valence electrons. The highest BCUT2D eigenvalue weighted by Crippen LogP contribution is 2.46. The lowest BCUT2D eigenvalue weighted by atomic mass is 10.1. The average molecular weight is 604 g/mol. The Hall–Kier alpha value is 0.0700. The maximum Gasteiger partial charge on any atom is 0.473 e. The minimum absolute atomic E-state index is 0.304. The first-order valence-electron chi connectivity index (χ1n) is 18.4. The predicted molar refractivity (Wildman–Crippen MR) is 180 cm³/mol. The molecule has 0 saturated carbocycles. The van der Waals surface area contributed by atoms with E-state index in [0.29, 0.717) is 6.61 Å². The van der Waals surface area contributed by atoms with Crippen molar-refractivity contribution in [2.24, 2.45) is 0 Å². The molecule has 0 heterocycles. The first-order valence-corrected chi connectivity index (χ1v) is 19.9. The second-order valence-electron chi connectivity index (χ2n) is 12.5. The standard InChI is InChI=1S/C35H74NO4P/c1-5-9-12-15-18-21-24-27-30-34-39-41(37,38)40-35(31-8-4)36(32-28-25-22-19-16-13-10-6-2)33-29-26-23-20-17-14-11-7-3/h35H,5-34H2,1-4H3,(H,37,38). The summed E-state index contributed by atoms with van der Waals surface area (Å²) < 4.78 is 24.3. The van der Waals surface area contributed by atoms with Crippen molar-refractivity contribution in [3.05, 3.63) is 0 Å². The molecule has 0 aromatic rings. The molecule has 6 heteroatoms. The number of hydrogen-bond donors (Lipinski definition) is 1. The molecular weight excluding hydrogens is 529 g/mol. The molecule has 0 aromatic carbocycles. The zero-order valence-corrected chi connectivity index (χ0v) is 29.3. The third-order valence-corrected chi connectivity index (χ3v) is 9.32. The molecule has 2 unspecified atom stereocenters. The van der Waals surface area contributed by atoms with E-state index in [2.05, 4.69) is 32.6 Å². The Kier molecular flexibility index (Phi) is 31.5. The minimum Gasteiger partial charge on any atom is -0.302 e. The Bertz CT molecular complexity index is 542. The van der Waals surface area contributed by atoms with Crippen LogP contribution in [0.2, 0.25) is 0 Å². The summed E-state index contributed by atoms with van der Waals surface area (Å²) in [6.07, 6.45) is 32.9. The molecule has 0 aromatic heterocycles. The first kappa shape index (κ1) is 41.1. The molecular formula is C35H74NO4P. The Labute approximate surface area is 257 Å². The smallest absolute Gasteiger partial charge is 0.302 e. The molecule has 2 atom stereocenters. The summed E-state index contributed by atoms with van der Waals surface area (Å²) in [5.41, 5.74) is 0. The fraction of sp³-hybridized carbons (Fsp3) is 1.00. The Morgan fingerprint density at radius 3 is 1.22 bits per heavy atom. The van der Waals surface area contributed by atoms with Crippen LogP contribution in [-0.2, 0) is 13.6 Å². The maximum atomic E-state index is 12.9. The maximum absolute atomic E-state index is 12.9. The zero-order valence-electron chi connectivity index (χ0n) is 28.4. The third-order valence-electron chi connectivity index (χ3n) is 8.30. The number of hydrogen-bond acceptors (Lipinski definition) is 4. The van der Waals surface area contributed by atoms with Gasteiger partial charge in [-0.15, -0.1) is 0 Å². The van der Waals surface area contributed by atoms with Gasteiger partial charge in [-0.25, -0.2) is 4.57 Å². The first-order chi connectivity index (χ1) is 20.0. The van der Waals surface area contributed by atoms with Crippen LogP contribution >= 0.6 is 7.82 Å². The number of nitrogens with zero attached hydrogens (tertiary/aromatic N) is 1. The minimum atomic E-state index is -4.07. The van der Waals surface area contributed by atoms with Crippen molar-refractivity contribution >= 4 is 7.82 Å². The highest BCUT2D eigenvalue weighted by atomic mass is 31.2. The predicted octanol–water partition coefficient (Wildman–Crippen LogP) is 12.4. The molecule has 1 N–H and O–H groups in total. The van der Waals surface area contributed by atoms with Gasteiger partial charge in [-0.3, -0.25) is 13.9 Å². The van der Waals surface area contributed by atoms with Crippen molar-refractivity contribution in [2.45, 2.75) is 207 Å². The van der Waals surface area contributed by atoms with E-state index in [1.165, 1.54) is 135 Å². The van der Waals surface area contributed by atoms with E-state index in [-0.39, 0.29) is 6.23 Å². The number of phosphoric ester groups is 1. The lowest BCUT2D eigenvalue weighted by Crippen LogP contribution is -2.38. The highest BCUT2D eigenvalue weighted by molar-refractivity contribution is 7.47. The summed E-state index contributed by atoms with van der Waals surface area (Å²) in [5, 5.41) is 0. The summed E-state index contributed by atoms with van der Waals surface area (Å²) >= 11 is 0. The van der Waals surface area contributed by atoms with E-state index >= 15 is 0 Å². The second-order valence-corrected chi connectivity index (χ2v) is 13.9. The van der Waals surface area contributed by atoms with Crippen molar-refractivity contribution in [3.8, 4) is 0 Å². The van der Waals surface area contributed by atoms with Crippen LogP contribution in [0.3, 0.4) is 0 Å². The summed E-state index contributed by atoms with van der Waals surface area (Å²) in [7, 11) is -4.07. The number of unbranched alkanes of at least 4 members (excludes halogenated alkanes) is 22. The third kappa shape index (κ3) is 28.6. The second kappa shape index (κ2) is 31.5. The van der Waals surface area contributed by atoms with Gasteiger partial charge in [0.2, 0.25) is 0 Å². The van der Waals surface area contributed by atoms with Gasteiger partial charge in [-0.1, -0.05) is 175 Å². The molecule has 0 rings (SSSR count). The van der Waals surface area contributed by atoms with Crippen LogP contribution in [0.1, 0.15) is 201 Å². The summed E-state index contributed by atoms with van der Waals surface area (Å²) in [5.74, 6) is 0. The van der Waals surface area contributed by atoms with Gasteiger partial charge in [0.1, 0.15) is 6.23 Å². The summed E-state index contributed by atoms with van der Waals surface area (Å²) in [6.45, 7) is 11.1. The van der Waals surface area contributed by atoms with Crippen molar-refractivity contribution in [2.75, 3.05) is 19.7 Å². The van der Waals surface area contributed by atoms with Crippen LogP contribution in [0.15, 0.2) is 0 Å². The molecule has 0 aliphatic heterocycles. The normalized spacial score (nSPS) is 14.1. The van der Waals surface area contributed by atoms with Gasteiger partial charge in [-0.05, 0) is 25.7 Å². The van der Waals surface area contributed by atoms with Gasteiger partial charge >= 0.3 is 7.82 Å². The van der Waals surface area contributed by atoms with Crippen molar-refractivity contribution in [3.63, 3.8) is 0 Å². The fourth-order valence-corrected chi connectivity index (χ4v) is 6.59. The van der Waals surface area contributed by atoms with E-state index in [1.807, 2.05) is 0 Å². The largest absolute Gasteiger partial charge is 0.473 e. The number of phosphoric acid groups is 1. The van der Waals surface area contributed by atoms with Gasteiger partial charge in [0.05, 0.1) is 6.61 Å². The van der Waals surface area contributed by atoms with Crippen molar-refractivity contribution in [1.82, 2.24) is 4.90 Å². The summed E-state index contributed by atoms with van der Waals surface area (Å²) in [4.78, 5) is 12.9. The quantitative estimate of drug-likeness (QED) is 0.0450. The molecule has 0 aliphatic rings. The Morgan fingerprint density at radius 2 is 0.854 bits per heavy atom. The van der Waals surface area contributed by atoms with Gasteiger partial charge in [0.25, 0.3) is 0 Å². The van der Waals surface area contributed by atoms with E-state index in [0.717, 1.165) is 51.6 Å². The molecule has 0 fully saturated rings. The van der Waals surface area contributed by atoms with Gasteiger partial charge in [0, 0.05) is 13.1 Å². The van der Waals surface area contributed by atoms with Gasteiger partial charge < -0.3 is 4.89 Å². The fourth-order valence-electron chi connectivity index (χ4n) is 5.62. The monoisotopic (exact) mass is 604 g/mol. The molecule has 0 amide bonds. The Balaban J connectivity index is 4.61. The topological polar surface area (TPSA) is 59.0 Å². The lowest BCUT2D eigenvalue weighted by Gasteiger charge is -2.32. The van der Waals surface area contributed by atoms with Crippen LogP contribution in [0.5, 0.6) is 0 Å². The van der Waals surface area contributed by atoms with Crippen LogP contribution in [0.25, 0.3) is 0 Å². The number of rotatable bonds is 34. The average Bonchev–Trinajstić information content (AvgIpc) is 2.95. The molecule has 5 nitrogen and oxygen atoms in total. The highest BCUT2D eigenvalue weighted by Gasteiger charge is 2.29. The Morgan fingerprint density at radius 1 is 0.512 bits per heavy atom. The van der Waals surface area contributed by atoms with Crippen LogP contribution < -0.4 is 0 Å². The molecule has 41 heavy (non-hydrogen) atoms. The van der Waals surface area contributed by atoms with E-state index in [1.54, 1.807) is 0 Å². The van der Waals surface area contributed by atoms with Crippen LogP contribution in [0.4, 0.5) is 0 Å². The SMILES string of the molecule is CCCCCCCCCCCOP(=O)(O)OC(CCC)N(CCCCCCCCCC)CCCCCCCCCC. The zero-order chi connectivity index (χ0) is 30.3. The van der Waals surface area contributed by atoms with E-state index < -0.39 is 7.82 Å². The molecule has 0 radical (unpaired) electrons. The molecule has 0 bridgehead atoms. The van der Waals surface area contributed by atoms with E-state index in [4.69, 9.17) is 9.05 Å². The molecule has 0 saturated heterocycles. The van der Waals surface area contributed by atoms with E-state index in [9.17, 15) is 9.46 Å². The lowest BCUT2D eigenvalue weighted by molar-refractivity contribution is -0.0124. The van der Waals surface area contributed by atoms with Crippen molar-refractivity contribution < 1.29 is 18.5 Å².